The summed E-state index contributed by atoms with van der Waals surface area (Å²) in [4.78, 5) is 24.4. The van der Waals surface area contributed by atoms with E-state index in [1.54, 1.807) is 12.1 Å². The molecule has 26 heavy (non-hydrogen) atoms. The molecule has 0 saturated carbocycles. The van der Waals surface area contributed by atoms with Crippen LogP contribution in [0.5, 0.6) is 0 Å². The van der Waals surface area contributed by atoms with Crippen LogP contribution in [0.3, 0.4) is 0 Å². The number of rotatable bonds is 5. The van der Waals surface area contributed by atoms with Crippen LogP contribution >= 0.6 is 11.8 Å². The third-order valence-corrected chi connectivity index (χ3v) is 5.40. The molecule has 0 N–H and O–H groups in total. The SMILES string of the molecule is CC1CCN(C(=O)CSc2ccc(-c3ccc([N+](=O)[O-])cc3)nn2)CC1. The van der Waals surface area contributed by atoms with Gasteiger partial charge in [0.15, 0.2) is 0 Å². The number of carbonyl (C=O) groups excluding carboxylic acids is 1. The highest BCUT2D eigenvalue weighted by molar-refractivity contribution is 7.99. The van der Waals surface area contributed by atoms with Gasteiger partial charge in [-0.25, -0.2) is 0 Å². The summed E-state index contributed by atoms with van der Waals surface area (Å²) in [5, 5.41) is 19.7. The van der Waals surface area contributed by atoms with E-state index in [1.165, 1.54) is 23.9 Å². The number of carbonyl (C=O) groups is 1. The van der Waals surface area contributed by atoms with E-state index in [9.17, 15) is 14.9 Å². The lowest BCUT2D eigenvalue weighted by molar-refractivity contribution is -0.384. The largest absolute Gasteiger partial charge is 0.342 e. The van der Waals surface area contributed by atoms with Gasteiger partial charge in [-0.15, -0.1) is 10.2 Å². The van der Waals surface area contributed by atoms with Crippen molar-refractivity contribution in [2.45, 2.75) is 24.8 Å². The molecule has 0 spiro atoms. The van der Waals surface area contributed by atoms with Crippen LogP contribution < -0.4 is 0 Å². The van der Waals surface area contributed by atoms with Crippen molar-refractivity contribution in [3.8, 4) is 11.3 Å². The smallest absolute Gasteiger partial charge is 0.269 e. The fourth-order valence-electron chi connectivity index (χ4n) is 2.79. The first-order chi connectivity index (χ1) is 12.5. The maximum atomic E-state index is 12.3. The summed E-state index contributed by atoms with van der Waals surface area (Å²) in [6.45, 7) is 3.90. The van der Waals surface area contributed by atoms with Crippen LogP contribution in [0, 0.1) is 16.0 Å². The highest BCUT2D eigenvalue weighted by atomic mass is 32.2. The number of piperidine rings is 1. The molecule has 3 rings (SSSR count). The second-order valence-corrected chi connectivity index (χ2v) is 7.41. The van der Waals surface area contributed by atoms with Crippen molar-refractivity contribution in [1.82, 2.24) is 15.1 Å². The number of hydrogen-bond donors (Lipinski definition) is 0. The van der Waals surface area contributed by atoms with E-state index in [0.717, 1.165) is 31.5 Å². The fourth-order valence-corrected chi connectivity index (χ4v) is 3.51. The average Bonchev–Trinajstić information content (AvgIpc) is 2.67. The summed E-state index contributed by atoms with van der Waals surface area (Å²) in [7, 11) is 0. The van der Waals surface area contributed by atoms with Gasteiger partial charge in [0.1, 0.15) is 5.03 Å². The fraction of sp³-hybridized carbons (Fsp3) is 0.389. The highest BCUT2D eigenvalue weighted by Gasteiger charge is 2.20. The van der Waals surface area contributed by atoms with E-state index < -0.39 is 4.92 Å². The Morgan fingerprint density at radius 3 is 2.46 bits per heavy atom. The Hall–Kier alpha value is -2.48. The van der Waals surface area contributed by atoms with Crippen LogP contribution in [-0.2, 0) is 4.79 Å². The Morgan fingerprint density at radius 1 is 1.19 bits per heavy atom. The first-order valence-electron chi connectivity index (χ1n) is 8.52. The van der Waals surface area contributed by atoms with E-state index >= 15 is 0 Å². The molecule has 1 saturated heterocycles. The van der Waals surface area contributed by atoms with Crippen molar-refractivity contribution in [1.29, 1.82) is 0 Å². The number of nitrogens with zero attached hydrogens (tertiary/aromatic N) is 4. The maximum absolute atomic E-state index is 12.3. The van der Waals surface area contributed by atoms with Crippen molar-refractivity contribution >= 4 is 23.4 Å². The summed E-state index contributed by atoms with van der Waals surface area (Å²) in [5.74, 6) is 1.20. The molecule has 0 unspecified atom stereocenters. The van der Waals surface area contributed by atoms with Crippen LogP contribution in [0.1, 0.15) is 19.8 Å². The van der Waals surface area contributed by atoms with Gasteiger partial charge in [-0.05, 0) is 43.0 Å². The molecule has 7 nitrogen and oxygen atoms in total. The molecule has 1 aliphatic heterocycles. The van der Waals surface area contributed by atoms with Gasteiger partial charge in [-0.3, -0.25) is 14.9 Å². The minimum atomic E-state index is -0.435. The van der Waals surface area contributed by atoms with E-state index in [0.29, 0.717) is 22.4 Å². The minimum Gasteiger partial charge on any atom is -0.342 e. The molecule has 1 aromatic carbocycles. The molecule has 2 aromatic rings. The summed E-state index contributed by atoms with van der Waals surface area (Å²) in [6.07, 6.45) is 2.14. The van der Waals surface area contributed by atoms with Crippen molar-refractivity contribution in [2.24, 2.45) is 5.92 Å². The Labute approximate surface area is 156 Å². The molecule has 136 valence electrons. The lowest BCUT2D eigenvalue weighted by Gasteiger charge is -2.30. The van der Waals surface area contributed by atoms with Gasteiger partial charge >= 0.3 is 0 Å². The number of nitro groups is 1. The predicted molar refractivity (Wildman–Crippen MR) is 99.8 cm³/mol. The molecular weight excluding hydrogens is 352 g/mol. The lowest BCUT2D eigenvalue weighted by Crippen LogP contribution is -2.38. The van der Waals surface area contributed by atoms with Crippen molar-refractivity contribution in [3.05, 3.63) is 46.5 Å². The van der Waals surface area contributed by atoms with Crippen molar-refractivity contribution in [3.63, 3.8) is 0 Å². The van der Waals surface area contributed by atoms with Gasteiger partial charge in [0, 0.05) is 30.8 Å². The van der Waals surface area contributed by atoms with Crippen LogP contribution in [-0.4, -0.2) is 44.8 Å². The van der Waals surface area contributed by atoms with Gasteiger partial charge in [-0.1, -0.05) is 18.7 Å². The van der Waals surface area contributed by atoms with E-state index in [2.05, 4.69) is 17.1 Å². The maximum Gasteiger partial charge on any atom is 0.269 e. The second-order valence-electron chi connectivity index (χ2n) is 6.41. The standard InChI is InChI=1S/C18H20N4O3S/c1-13-8-10-21(11-9-13)18(23)12-26-17-7-6-16(19-20-17)14-2-4-15(5-3-14)22(24)25/h2-7,13H,8-12H2,1H3. The Bertz CT molecular complexity index is 772. The molecule has 0 atom stereocenters. The summed E-state index contributed by atoms with van der Waals surface area (Å²) >= 11 is 1.38. The normalized spacial score (nSPS) is 15.0. The lowest BCUT2D eigenvalue weighted by atomic mass is 9.99. The van der Waals surface area contributed by atoms with Gasteiger partial charge in [0.25, 0.3) is 5.69 Å². The topological polar surface area (TPSA) is 89.2 Å². The number of amides is 1. The molecule has 0 bridgehead atoms. The average molecular weight is 372 g/mol. The molecule has 1 fully saturated rings. The van der Waals surface area contributed by atoms with Crippen LogP contribution in [0.15, 0.2) is 41.4 Å². The zero-order valence-electron chi connectivity index (χ0n) is 14.5. The molecule has 1 aliphatic rings. The number of thioether (sulfide) groups is 1. The van der Waals surface area contributed by atoms with E-state index in [-0.39, 0.29) is 11.6 Å². The summed E-state index contributed by atoms with van der Waals surface area (Å²) in [5.41, 5.74) is 1.44. The summed E-state index contributed by atoms with van der Waals surface area (Å²) in [6, 6.07) is 9.81. The monoisotopic (exact) mass is 372 g/mol. The number of benzene rings is 1. The van der Waals surface area contributed by atoms with Gasteiger partial charge < -0.3 is 4.90 Å². The number of aromatic nitrogens is 2. The minimum absolute atomic E-state index is 0.0412. The van der Waals surface area contributed by atoms with E-state index in [1.807, 2.05) is 17.0 Å². The van der Waals surface area contributed by atoms with Gasteiger partial charge in [-0.2, -0.15) is 0 Å². The molecule has 1 amide bonds. The first-order valence-corrected chi connectivity index (χ1v) is 9.50. The predicted octanol–water partition coefficient (Wildman–Crippen LogP) is 3.40. The quantitative estimate of drug-likeness (QED) is 0.454. The Balaban J connectivity index is 1.56. The Morgan fingerprint density at radius 2 is 1.88 bits per heavy atom. The number of likely N-dealkylation sites (tertiary alicyclic amines) is 1. The van der Waals surface area contributed by atoms with Crippen LogP contribution in [0.25, 0.3) is 11.3 Å². The third-order valence-electron chi connectivity index (χ3n) is 4.49. The molecule has 0 radical (unpaired) electrons. The summed E-state index contributed by atoms with van der Waals surface area (Å²) < 4.78 is 0. The molecular formula is C18H20N4O3S. The first kappa shape index (κ1) is 18.3. The number of non-ortho nitro benzene ring substituents is 1. The molecule has 0 aliphatic carbocycles. The Kier molecular flexibility index (Phi) is 5.82. The van der Waals surface area contributed by atoms with Gasteiger partial charge in [0.2, 0.25) is 5.91 Å². The van der Waals surface area contributed by atoms with Gasteiger partial charge in [0.05, 0.1) is 16.4 Å². The highest BCUT2D eigenvalue weighted by Crippen LogP contribution is 2.23. The zero-order valence-corrected chi connectivity index (χ0v) is 15.3. The van der Waals surface area contributed by atoms with E-state index in [4.69, 9.17) is 0 Å². The third kappa shape index (κ3) is 4.57. The second kappa shape index (κ2) is 8.27. The number of hydrogen-bond acceptors (Lipinski definition) is 6. The number of nitro benzene ring substituents is 1. The molecule has 1 aromatic heterocycles. The zero-order chi connectivity index (χ0) is 18.5. The van der Waals surface area contributed by atoms with Crippen molar-refractivity contribution < 1.29 is 9.72 Å². The van der Waals surface area contributed by atoms with Crippen LogP contribution in [0.2, 0.25) is 0 Å². The molecule has 2 heterocycles. The van der Waals surface area contributed by atoms with Crippen molar-refractivity contribution in [2.75, 3.05) is 18.8 Å². The van der Waals surface area contributed by atoms with Crippen LogP contribution in [0.4, 0.5) is 5.69 Å². The molecule has 8 heteroatoms.